The maximum absolute atomic E-state index is 13.5. The zero-order valence-corrected chi connectivity index (χ0v) is 19.2. The number of fused-ring (bicyclic) bond motifs is 3. The predicted octanol–water partition coefficient (Wildman–Crippen LogP) is 6.24. The normalized spacial score (nSPS) is 22.9. The van der Waals surface area contributed by atoms with E-state index in [1.54, 1.807) is 0 Å². The molecule has 0 radical (unpaired) electrons. The molecule has 5 rings (SSSR count). The molecular formula is C28H32N2O2. The second-order valence-corrected chi connectivity index (χ2v) is 9.84. The number of nitrogens with zero attached hydrogens (tertiary/aromatic N) is 1. The van der Waals surface area contributed by atoms with Gasteiger partial charge in [-0.15, -0.1) is 0 Å². The van der Waals surface area contributed by atoms with E-state index in [2.05, 4.69) is 12.2 Å². The van der Waals surface area contributed by atoms with Gasteiger partial charge in [0, 0.05) is 17.0 Å². The summed E-state index contributed by atoms with van der Waals surface area (Å²) in [5.41, 5.74) is 3.17. The van der Waals surface area contributed by atoms with Crippen LogP contribution in [0.2, 0.25) is 0 Å². The number of carbonyl (C=O) groups is 1. The Morgan fingerprint density at radius 3 is 2.56 bits per heavy atom. The van der Waals surface area contributed by atoms with Crippen molar-refractivity contribution in [2.75, 3.05) is 0 Å². The number of para-hydroxylation sites is 2. The predicted molar refractivity (Wildman–Crippen MR) is 129 cm³/mol. The van der Waals surface area contributed by atoms with Crippen molar-refractivity contribution in [3.8, 4) is 17.0 Å². The fraction of sp³-hybridized carbons (Fsp3) is 0.429. The second kappa shape index (κ2) is 8.57. The summed E-state index contributed by atoms with van der Waals surface area (Å²) in [5.74, 6) is 3.02. The van der Waals surface area contributed by atoms with E-state index in [1.807, 2.05) is 68.4 Å². The zero-order chi connectivity index (χ0) is 22.2. The van der Waals surface area contributed by atoms with Crippen LogP contribution in [0.15, 0.2) is 54.6 Å². The maximum atomic E-state index is 13.5. The van der Waals surface area contributed by atoms with E-state index in [-0.39, 0.29) is 18.1 Å². The molecule has 0 spiro atoms. The van der Waals surface area contributed by atoms with Crippen molar-refractivity contribution in [1.29, 1.82) is 0 Å². The molecule has 4 nitrogen and oxygen atoms in total. The summed E-state index contributed by atoms with van der Waals surface area (Å²) in [6, 6.07) is 17.9. The van der Waals surface area contributed by atoms with Gasteiger partial charge in [0.15, 0.2) is 0 Å². The maximum Gasteiger partial charge on any atom is 0.252 e. The van der Waals surface area contributed by atoms with Gasteiger partial charge in [0.1, 0.15) is 5.75 Å². The summed E-state index contributed by atoms with van der Waals surface area (Å²) in [4.78, 5) is 18.4. The van der Waals surface area contributed by atoms with Gasteiger partial charge >= 0.3 is 0 Å². The molecule has 2 fully saturated rings. The molecule has 2 saturated carbocycles. The third-order valence-corrected chi connectivity index (χ3v) is 7.28. The van der Waals surface area contributed by atoms with E-state index in [0.29, 0.717) is 11.5 Å². The van der Waals surface area contributed by atoms with Crippen molar-refractivity contribution in [3.05, 3.63) is 60.2 Å². The van der Waals surface area contributed by atoms with Gasteiger partial charge in [-0.1, -0.05) is 36.8 Å². The molecule has 0 aliphatic heterocycles. The number of hydrogen-bond donors (Lipinski definition) is 1. The molecular weight excluding hydrogens is 396 g/mol. The minimum Gasteiger partial charge on any atom is -0.490 e. The number of nitrogens with one attached hydrogen (secondary N) is 1. The average Bonchev–Trinajstić information content (AvgIpc) is 3.42. The molecule has 2 bridgehead atoms. The molecule has 1 aromatic heterocycles. The Kier molecular flexibility index (Phi) is 5.62. The molecule has 2 aliphatic carbocycles. The van der Waals surface area contributed by atoms with E-state index in [1.165, 1.54) is 25.7 Å². The Morgan fingerprint density at radius 2 is 1.81 bits per heavy atom. The van der Waals surface area contributed by atoms with Crippen LogP contribution in [0.5, 0.6) is 5.75 Å². The standard InChI is InChI=1S/C28H32N2O2/c1-17(2)32-27-11-7-5-9-22(27)26-16-24(21-8-4-6-10-25(21)30-26)28(31)29-18(3)23-15-19-12-13-20(23)14-19/h4-11,16-20,23H,12-15H2,1-3H3,(H,29,31)/t18-,19+,20+,23-/m0/s1. The number of hydrogen-bond acceptors (Lipinski definition) is 3. The quantitative estimate of drug-likeness (QED) is 0.505. The van der Waals surface area contributed by atoms with Gasteiger partial charge in [-0.3, -0.25) is 4.79 Å². The van der Waals surface area contributed by atoms with Crippen LogP contribution in [-0.4, -0.2) is 23.0 Å². The lowest BCUT2D eigenvalue weighted by Crippen LogP contribution is -2.40. The van der Waals surface area contributed by atoms with Gasteiger partial charge in [-0.05, 0) is 82.1 Å². The molecule has 4 heteroatoms. The van der Waals surface area contributed by atoms with Gasteiger partial charge in [0.05, 0.1) is 22.9 Å². The molecule has 166 valence electrons. The zero-order valence-electron chi connectivity index (χ0n) is 19.2. The molecule has 0 saturated heterocycles. The number of ether oxygens (including phenoxy) is 1. The summed E-state index contributed by atoms with van der Waals surface area (Å²) in [6.45, 7) is 6.21. The van der Waals surface area contributed by atoms with Crippen molar-refractivity contribution >= 4 is 16.8 Å². The highest BCUT2D eigenvalue weighted by atomic mass is 16.5. The molecule has 2 aliphatic rings. The Morgan fingerprint density at radius 1 is 1.03 bits per heavy atom. The molecule has 0 unspecified atom stereocenters. The summed E-state index contributed by atoms with van der Waals surface area (Å²) in [5, 5.41) is 4.23. The Labute approximate surface area is 190 Å². The van der Waals surface area contributed by atoms with Crippen LogP contribution in [0, 0.1) is 17.8 Å². The van der Waals surface area contributed by atoms with E-state index in [4.69, 9.17) is 9.72 Å². The first kappa shape index (κ1) is 21.0. The average molecular weight is 429 g/mol. The smallest absolute Gasteiger partial charge is 0.252 e. The van der Waals surface area contributed by atoms with Gasteiger partial charge in [0.25, 0.3) is 5.91 Å². The molecule has 32 heavy (non-hydrogen) atoms. The topological polar surface area (TPSA) is 51.2 Å². The molecule has 2 aromatic carbocycles. The van der Waals surface area contributed by atoms with Crippen LogP contribution in [0.4, 0.5) is 0 Å². The number of amides is 1. The summed E-state index contributed by atoms with van der Waals surface area (Å²) < 4.78 is 6.03. The van der Waals surface area contributed by atoms with Crippen LogP contribution >= 0.6 is 0 Å². The van der Waals surface area contributed by atoms with Crippen LogP contribution in [0.3, 0.4) is 0 Å². The number of benzene rings is 2. The minimum absolute atomic E-state index is 0.0117. The van der Waals surface area contributed by atoms with Crippen LogP contribution < -0.4 is 10.1 Å². The Balaban J connectivity index is 1.50. The van der Waals surface area contributed by atoms with E-state index >= 15 is 0 Å². The molecule has 1 N–H and O–H groups in total. The largest absolute Gasteiger partial charge is 0.490 e. The first-order chi connectivity index (χ1) is 15.5. The molecule has 1 amide bonds. The van der Waals surface area contributed by atoms with Crippen LogP contribution in [0.25, 0.3) is 22.2 Å². The SMILES string of the molecule is CC(C)Oc1ccccc1-c1cc(C(=O)N[C@@H](C)[C@@H]2C[C@@H]3CC[C@@H]2C3)c2ccccc2n1. The van der Waals surface area contributed by atoms with Crippen molar-refractivity contribution in [3.63, 3.8) is 0 Å². The minimum atomic E-state index is -0.0117. The summed E-state index contributed by atoms with van der Waals surface area (Å²) >= 11 is 0. The van der Waals surface area contributed by atoms with Crippen LogP contribution in [0.1, 0.15) is 56.8 Å². The van der Waals surface area contributed by atoms with Crippen molar-refractivity contribution in [1.82, 2.24) is 10.3 Å². The van der Waals surface area contributed by atoms with Crippen molar-refractivity contribution < 1.29 is 9.53 Å². The van der Waals surface area contributed by atoms with Gasteiger partial charge in [-0.25, -0.2) is 4.98 Å². The first-order valence-electron chi connectivity index (χ1n) is 12.0. The second-order valence-electron chi connectivity index (χ2n) is 9.84. The summed E-state index contributed by atoms with van der Waals surface area (Å²) in [7, 11) is 0. The Bertz CT molecular complexity index is 1140. The van der Waals surface area contributed by atoms with E-state index in [0.717, 1.165) is 39.7 Å². The molecule has 4 atom stereocenters. The van der Waals surface area contributed by atoms with Crippen LogP contribution in [-0.2, 0) is 0 Å². The highest BCUT2D eigenvalue weighted by Gasteiger charge is 2.42. The Hall–Kier alpha value is -2.88. The van der Waals surface area contributed by atoms with Crippen molar-refractivity contribution in [2.24, 2.45) is 17.8 Å². The number of aromatic nitrogens is 1. The molecule has 1 heterocycles. The van der Waals surface area contributed by atoms with E-state index in [9.17, 15) is 4.79 Å². The lowest BCUT2D eigenvalue weighted by atomic mass is 9.84. The van der Waals surface area contributed by atoms with Gasteiger partial charge < -0.3 is 10.1 Å². The number of carbonyl (C=O) groups excluding carboxylic acids is 1. The highest BCUT2D eigenvalue weighted by Crippen LogP contribution is 2.49. The number of pyridine rings is 1. The third-order valence-electron chi connectivity index (χ3n) is 7.28. The lowest BCUT2D eigenvalue weighted by Gasteiger charge is -2.28. The number of rotatable bonds is 6. The molecule has 3 aromatic rings. The first-order valence-corrected chi connectivity index (χ1v) is 12.0. The third kappa shape index (κ3) is 3.99. The monoisotopic (exact) mass is 428 g/mol. The van der Waals surface area contributed by atoms with Crippen molar-refractivity contribution in [2.45, 2.75) is 58.6 Å². The van der Waals surface area contributed by atoms with Gasteiger partial charge in [-0.2, -0.15) is 0 Å². The van der Waals surface area contributed by atoms with Gasteiger partial charge in [0.2, 0.25) is 0 Å². The van der Waals surface area contributed by atoms with E-state index < -0.39 is 0 Å². The summed E-state index contributed by atoms with van der Waals surface area (Å²) in [6.07, 6.45) is 5.36. The fourth-order valence-electron chi connectivity index (χ4n) is 5.83. The fourth-order valence-corrected chi connectivity index (χ4v) is 5.83. The highest BCUT2D eigenvalue weighted by molar-refractivity contribution is 6.07. The lowest BCUT2D eigenvalue weighted by molar-refractivity contribution is 0.0917.